The van der Waals surface area contributed by atoms with Gasteiger partial charge in [-0.2, -0.15) is 0 Å². The fourth-order valence-electron chi connectivity index (χ4n) is 9.42. The van der Waals surface area contributed by atoms with Gasteiger partial charge in [0.2, 0.25) is 0 Å². The number of benzene rings is 4. The Bertz CT molecular complexity index is 2550. The highest BCUT2D eigenvalue weighted by Crippen LogP contribution is 2.42. The summed E-state index contributed by atoms with van der Waals surface area (Å²) >= 11 is 0. The number of aromatic nitrogens is 2. The number of morpholine rings is 1. The number of aryl methyl sites for hydroxylation is 1. The summed E-state index contributed by atoms with van der Waals surface area (Å²) in [5.74, 6) is 1.05. The molecule has 4 aliphatic rings. The summed E-state index contributed by atoms with van der Waals surface area (Å²) in [5, 5.41) is 11.3. The monoisotopic (exact) mass is 791 g/mol. The molecule has 1 fully saturated rings. The molecule has 11 nitrogen and oxygen atoms in total. The maximum atomic E-state index is 15.4. The fourth-order valence-corrected chi connectivity index (χ4v) is 9.42. The minimum atomic E-state index is -0.177. The van der Waals surface area contributed by atoms with Crippen LogP contribution < -0.4 is 14.4 Å². The van der Waals surface area contributed by atoms with Gasteiger partial charge in [-0.1, -0.05) is 24.3 Å². The Balaban J connectivity index is 1.10. The molecule has 1 atom stereocenters. The smallest absolute Gasteiger partial charge is 0.264 e. The van der Waals surface area contributed by atoms with Gasteiger partial charge < -0.3 is 33.4 Å². The van der Waals surface area contributed by atoms with Gasteiger partial charge in [-0.25, -0.2) is 0 Å². The number of hydrogen-bond donors (Lipinski definition) is 1. The Labute approximate surface area is 343 Å². The van der Waals surface area contributed by atoms with E-state index in [0.717, 1.165) is 90.8 Å². The number of ether oxygens (including phenoxy) is 3. The highest BCUT2D eigenvalue weighted by atomic mass is 16.5. The van der Waals surface area contributed by atoms with E-state index in [1.54, 1.807) is 29.2 Å². The van der Waals surface area contributed by atoms with Crippen LogP contribution in [0.5, 0.6) is 17.2 Å². The number of aromatic hydroxyl groups is 1. The van der Waals surface area contributed by atoms with Crippen LogP contribution in [-0.2, 0) is 37.7 Å². The number of hydrogen-bond acceptors (Lipinski definition) is 7. The standard InChI is InChI=1S/C48H49N5O6/c1-49-18-16-33-26-36(12-15-42(33)49)53(35-10-13-38(54)14-11-35)48(56)41-27-44(51-17-5-4-9-43(41)51)39-28-45-46(59-22-6-21-58-45)29-40(39)47(55)52-30-34-8-3-2-7-32(34)25-37(52)31-50-19-23-57-24-20-50/h2-3,7-8,10-16,18,26-29,37,54H,4-6,9,17,19-25,30-31H2,1H3/t37-/m0/s1. The molecule has 0 spiro atoms. The molecule has 10 rings (SSSR count). The molecule has 0 saturated carbocycles. The second kappa shape index (κ2) is 15.6. The van der Waals surface area contributed by atoms with Crippen LogP contribution in [0.15, 0.2) is 97.2 Å². The molecule has 0 unspecified atom stereocenters. The molecule has 2 aromatic heterocycles. The van der Waals surface area contributed by atoms with E-state index in [0.29, 0.717) is 67.8 Å². The Morgan fingerprint density at radius 1 is 0.780 bits per heavy atom. The molecule has 0 radical (unpaired) electrons. The topological polar surface area (TPSA) is 102 Å². The van der Waals surface area contributed by atoms with E-state index < -0.39 is 0 Å². The molecule has 302 valence electrons. The maximum Gasteiger partial charge on any atom is 0.264 e. The number of phenols is 1. The normalized spacial score (nSPS) is 17.9. The number of nitrogens with zero attached hydrogens (tertiary/aromatic N) is 5. The molecule has 2 amide bonds. The largest absolute Gasteiger partial charge is 0.508 e. The van der Waals surface area contributed by atoms with Gasteiger partial charge in [-0.3, -0.25) is 19.4 Å². The Morgan fingerprint density at radius 2 is 1.54 bits per heavy atom. The third-order valence-electron chi connectivity index (χ3n) is 12.5. The zero-order valence-electron chi connectivity index (χ0n) is 33.4. The van der Waals surface area contributed by atoms with Crippen molar-refractivity contribution < 1.29 is 28.9 Å². The molecular weight excluding hydrogens is 743 g/mol. The first-order chi connectivity index (χ1) is 28.9. The number of carbonyl (C=O) groups excluding carboxylic acids is 2. The summed E-state index contributed by atoms with van der Waals surface area (Å²) in [7, 11) is 2.01. The van der Waals surface area contributed by atoms with E-state index in [1.165, 1.54) is 5.56 Å². The lowest BCUT2D eigenvalue weighted by Gasteiger charge is -2.40. The van der Waals surface area contributed by atoms with Crippen LogP contribution in [0.2, 0.25) is 0 Å². The molecule has 0 bridgehead atoms. The molecule has 6 aromatic rings. The van der Waals surface area contributed by atoms with Gasteiger partial charge in [0.05, 0.1) is 37.6 Å². The van der Waals surface area contributed by atoms with Crippen LogP contribution in [0.3, 0.4) is 0 Å². The number of phenolic OH excluding ortho intramolecular Hbond substituents is 1. The summed E-state index contributed by atoms with van der Waals surface area (Å²) < 4.78 is 22.5. The Hall–Kier alpha value is -6.04. The van der Waals surface area contributed by atoms with Crippen LogP contribution in [0.4, 0.5) is 11.4 Å². The Kier molecular flexibility index (Phi) is 9.86. The SMILES string of the molecule is Cn1ccc2cc(N(C(=O)c3cc(-c4cc5c(cc4C(=O)N4Cc6ccccc6C[C@H]4CN4CCOCC4)OCCCO5)n4c3CCCC4)c3ccc(O)cc3)ccc21. The number of rotatable bonds is 7. The van der Waals surface area contributed by atoms with Gasteiger partial charge in [-0.15, -0.1) is 0 Å². The quantitative estimate of drug-likeness (QED) is 0.177. The van der Waals surface area contributed by atoms with E-state index in [1.807, 2.05) is 61.8 Å². The van der Waals surface area contributed by atoms with Crippen LogP contribution >= 0.6 is 0 Å². The average Bonchev–Trinajstić information content (AvgIpc) is 3.75. The lowest BCUT2D eigenvalue weighted by molar-refractivity contribution is 0.0193. The van der Waals surface area contributed by atoms with Crippen molar-refractivity contribution in [2.24, 2.45) is 7.05 Å². The van der Waals surface area contributed by atoms with E-state index in [4.69, 9.17) is 14.2 Å². The molecule has 59 heavy (non-hydrogen) atoms. The van der Waals surface area contributed by atoms with Gasteiger partial charge in [-0.05, 0) is 104 Å². The van der Waals surface area contributed by atoms with Crippen molar-refractivity contribution in [2.45, 2.75) is 51.2 Å². The van der Waals surface area contributed by atoms with Crippen LogP contribution in [0.25, 0.3) is 22.2 Å². The van der Waals surface area contributed by atoms with Gasteiger partial charge in [0, 0.05) is 97.7 Å². The first kappa shape index (κ1) is 37.2. The first-order valence-electron chi connectivity index (χ1n) is 20.9. The number of amides is 2. The summed E-state index contributed by atoms with van der Waals surface area (Å²) in [4.78, 5) is 36.9. The van der Waals surface area contributed by atoms with Crippen molar-refractivity contribution >= 4 is 34.1 Å². The zero-order chi connectivity index (χ0) is 40.0. The summed E-state index contributed by atoms with van der Waals surface area (Å²) in [6.07, 6.45) is 6.13. The van der Waals surface area contributed by atoms with E-state index in [9.17, 15) is 5.11 Å². The van der Waals surface area contributed by atoms with E-state index >= 15 is 9.59 Å². The van der Waals surface area contributed by atoms with Crippen LogP contribution in [0, 0.1) is 0 Å². The van der Waals surface area contributed by atoms with Crippen molar-refractivity contribution in [2.75, 3.05) is 51.0 Å². The van der Waals surface area contributed by atoms with E-state index in [-0.39, 0.29) is 23.6 Å². The molecule has 4 aromatic carbocycles. The van der Waals surface area contributed by atoms with Crippen molar-refractivity contribution in [1.82, 2.24) is 18.9 Å². The molecule has 11 heteroatoms. The van der Waals surface area contributed by atoms with Crippen molar-refractivity contribution in [3.8, 4) is 28.5 Å². The lowest BCUT2D eigenvalue weighted by atomic mass is 9.92. The minimum Gasteiger partial charge on any atom is -0.508 e. The zero-order valence-corrected chi connectivity index (χ0v) is 33.4. The summed E-state index contributed by atoms with van der Waals surface area (Å²) in [5.41, 5.74) is 8.48. The predicted octanol–water partition coefficient (Wildman–Crippen LogP) is 7.73. The van der Waals surface area contributed by atoms with Gasteiger partial charge >= 0.3 is 0 Å². The van der Waals surface area contributed by atoms with Gasteiger partial charge in [0.15, 0.2) is 11.5 Å². The number of anilines is 2. The number of fused-ring (bicyclic) bond motifs is 4. The second-order valence-electron chi connectivity index (χ2n) is 16.2. The lowest BCUT2D eigenvalue weighted by Crippen LogP contribution is -2.52. The molecule has 1 saturated heterocycles. The fraction of sp³-hybridized carbons (Fsp3) is 0.333. The molecular formula is C48H49N5O6. The van der Waals surface area contributed by atoms with Crippen LogP contribution in [0.1, 0.15) is 56.8 Å². The number of carbonyl (C=O) groups is 2. The molecule has 1 N–H and O–H groups in total. The van der Waals surface area contributed by atoms with Gasteiger partial charge in [0.25, 0.3) is 11.8 Å². The summed E-state index contributed by atoms with van der Waals surface area (Å²) in [6.45, 7) is 6.03. The maximum absolute atomic E-state index is 15.4. The van der Waals surface area contributed by atoms with E-state index in [2.05, 4.69) is 37.1 Å². The molecule has 4 aliphatic heterocycles. The highest BCUT2D eigenvalue weighted by Gasteiger charge is 2.36. The van der Waals surface area contributed by atoms with Crippen molar-refractivity contribution in [1.29, 1.82) is 0 Å². The first-order valence-corrected chi connectivity index (χ1v) is 20.9. The Morgan fingerprint density at radius 3 is 2.36 bits per heavy atom. The average molecular weight is 792 g/mol. The minimum absolute atomic E-state index is 0.0430. The van der Waals surface area contributed by atoms with Crippen molar-refractivity contribution in [3.63, 3.8) is 0 Å². The van der Waals surface area contributed by atoms with Crippen molar-refractivity contribution in [3.05, 3.63) is 125 Å². The predicted molar refractivity (Wildman–Crippen MR) is 227 cm³/mol. The van der Waals surface area contributed by atoms with Crippen LogP contribution in [-0.4, -0.2) is 88.0 Å². The third kappa shape index (κ3) is 7.02. The molecule has 0 aliphatic carbocycles. The summed E-state index contributed by atoms with van der Waals surface area (Å²) in [6, 6.07) is 29.1. The third-order valence-corrected chi connectivity index (χ3v) is 12.5. The highest BCUT2D eigenvalue weighted by molar-refractivity contribution is 6.13. The second-order valence-corrected chi connectivity index (χ2v) is 16.2. The van der Waals surface area contributed by atoms with Gasteiger partial charge in [0.1, 0.15) is 5.75 Å². The molecule has 6 heterocycles.